The summed E-state index contributed by atoms with van der Waals surface area (Å²) in [6.45, 7) is 2.61. The third-order valence-electron chi connectivity index (χ3n) is 2.93. The van der Waals surface area contributed by atoms with Gasteiger partial charge in [-0.05, 0) is 37.5 Å². The number of nitrogens with two attached hydrogens (primary N) is 1. The lowest BCUT2D eigenvalue weighted by atomic mass is 10.1. The number of rotatable bonds is 3. The molecule has 2 rings (SSSR count). The largest absolute Gasteiger partial charge is 0.368 e. The van der Waals surface area contributed by atoms with Gasteiger partial charge in [0.1, 0.15) is 6.10 Å². The third-order valence-corrected chi connectivity index (χ3v) is 2.93. The summed E-state index contributed by atoms with van der Waals surface area (Å²) in [4.78, 5) is 11.8. The van der Waals surface area contributed by atoms with Crippen LogP contribution in [0.1, 0.15) is 31.4 Å². The van der Waals surface area contributed by atoms with Gasteiger partial charge in [0.05, 0.1) is 0 Å². The summed E-state index contributed by atoms with van der Waals surface area (Å²) < 4.78 is 5.32. The van der Waals surface area contributed by atoms with E-state index in [0.29, 0.717) is 6.61 Å². The zero-order chi connectivity index (χ0) is 12.3. The molecule has 0 bridgehead atoms. The fraction of sp³-hybridized carbons (Fsp3) is 0.462. The van der Waals surface area contributed by atoms with Gasteiger partial charge in [0.25, 0.3) is 5.91 Å². The summed E-state index contributed by atoms with van der Waals surface area (Å²) in [6.07, 6.45) is 1.48. The third kappa shape index (κ3) is 3.05. The Morgan fingerprint density at radius 1 is 1.47 bits per heavy atom. The molecule has 1 aliphatic heterocycles. The van der Waals surface area contributed by atoms with Crippen LogP contribution in [-0.4, -0.2) is 18.6 Å². The van der Waals surface area contributed by atoms with Crippen molar-refractivity contribution in [2.24, 2.45) is 5.73 Å². The zero-order valence-corrected chi connectivity index (χ0v) is 9.98. The highest BCUT2D eigenvalue weighted by Gasteiger charge is 2.23. The minimum Gasteiger partial charge on any atom is -0.368 e. The van der Waals surface area contributed by atoms with Crippen molar-refractivity contribution in [2.45, 2.75) is 31.9 Å². The summed E-state index contributed by atoms with van der Waals surface area (Å²) in [6, 6.07) is 7.60. The molecular formula is C13H18N2O2. The van der Waals surface area contributed by atoms with Gasteiger partial charge in [-0.15, -0.1) is 0 Å². The second-order valence-electron chi connectivity index (χ2n) is 4.40. The first-order valence-electron chi connectivity index (χ1n) is 5.95. The molecule has 0 aliphatic carbocycles. The first-order valence-corrected chi connectivity index (χ1v) is 5.95. The van der Waals surface area contributed by atoms with Crippen LogP contribution < -0.4 is 11.1 Å². The van der Waals surface area contributed by atoms with Gasteiger partial charge in [0.2, 0.25) is 0 Å². The van der Waals surface area contributed by atoms with E-state index >= 15 is 0 Å². The predicted octanol–water partition coefficient (Wildman–Crippen LogP) is 1.82. The van der Waals surface area contributed by atoms with Gasteiger partial charge in [-0.1, -0.05) is 12.1 Å². The number of ether oxygens (including phenoxy) is 1. The molecule has 4 heteroatoms. The highest BCUT2D eigenvalue weighted by atomic mass is 16.5. The predicted molar refractivity (Wildman–Crippen MR) is 66.6 cm³/mol. The van der Waals surface area contributed by atoms with E-state index in [0.717, 1.165) is 24.1 Å². The highest BCUT2D eigenvalue weighted by molar-refractivity contribution is 5.94. The smallest absolute Gasteiger partial charge is 0.253 e. The molecule has 1 amide bonds. The molecule has 92 valence electrons. The second-order valence-corrected chi connectivity index (χ2v) is 4.40. The van der Waals surface area contributed by atoms with Crippen LogP contribution in [0.3, 0.4) is 0 Å². The quantitative estimate of drug-likeness (QED) is 0.838. The van der Waals surface area contributed by atoms with Crippen LogP contribution in [-0.2, 0) is 9.53 Å². The first kappa shape index (κ1) is 12.1. The minimum absolute atomic E-state index is 0.0120. The Morgan fingerprint density at radius 2 is 2.18 bits per heavy atom. The van der Waals surface area contributed by atoms with E-state index in [4.69, 9.17) is 10.5 Å². The normalized spacial score (nSPS) is 21.2. The molecule has 2 unspecified atom stereocenters. The maximum Gasteiger partial charge on any atom is 0.253 e. The molecular weight excluding hydrogens is 216 g/mol. The fourth-order valence-electron chi connectivity index (χ4n) is 1.88. The van der Waals surface area contributed by atoms with Gasteiger partial charge in [0.15, 0.2) is 0 Å². The molecule has 0 aromatic heterocycles. The number of carbonyl (C=O) groups excluding carboxylic acids is 1. The van der Waals surface area contributed by atoms with Crippen molar-refractivity contribution < 1.29 is 9.53 Å². The van der Waals surface area contributed by atoms with Crippen LogP contribution in [0.25, 0.3) is 0 Å². The molecule has 1 aromatic rings. The van der Waals surface area contributed by atoms with Crippen molar-refractivity contribution in [3.8, 4) is 0 Å². The van der Waals surface area contributed by atoms with E-state index in [9.17, 15) is 4.79 Å². The van der Waals surface area contributed by atoms with Crippen molar-refractivity contribution in [3.63, 3.8) is 0 Å². The number of nitrogens with one attached hydrogen (secondary N) is 1. The maximum atomic E-state index is 11.8. The molecule has 1 aromatic carbocycles. The van der Waals surface area contributed by atoms with Crippen LogP contribution in [0, 0.1) is 0 Å². The van der Waals surface area contributed by atoms with E-state index in [1.54, 1.807) is 0 Å². The molecule has 17 heavy (non-hydrogen) atoms. The Bertz CT molecular complexity index is 381. The van der Waals surface area contributed by atoms with Crippen LogP contribution in [0.5, 0.6) is 0 Å². The Labute approximate surface area is 101 Å². The maximum absolute atomic E-state index is 11.8. The van der Waals surface area contributed by atoms with Crippen LogP contribution >= 0.6 is 0 Å². The van der Waals surface area contributed by atoms with Gasteiger partial charge < -0.3 is 15.8 Å². The standard InChI is InChI=1S/C13H18N2O2/c1-9(14)10-4-6-11(7-5-10)15-13(16)12-3-2-8-17-12/h4-7,9,12H,2-3,8,14H2,1H3,(H,15,16). The molecule has 1 fully saturated rings. The highest BCUT2D eigenvalue weighted by Crippen LogP contribution is 2.17. The van der Waals surface area contributed by atoms with Crippen molar-refractivity contribution in [2.75, 3.05) is 11.9 Å². The summed E-state index contributed by atoms with van der Waals surface area (Å²) >= 11 is 0. The van der Waals surface area contributed by atoms with Gasteiger partial charge in [0, 0.05) is 18.3 Å². The Kier molecular flexibility index (Phi) is 3.76. The number of hydrogen-bond donors (Lipinski definition) is 2. The molecule has 1 saturated heterocycles. The average molecular weight is 234 g/mol. The van der Waals surface area contributed by atoms with Gasteiger partial charge >= 0.3 is 0 Å². The van der Waals surface area contributed by atoms with E-state index in [-0.39, 0.29) is 18.1 Å². The van der Waals surface area contributed by atoms with E-state index in [1.165, 1.54) is 0 Å². The molecule has 0 saturated carbocycles. The van der Waals surface area contributed by atoms with Crippen molar-refractivity contribution in [1.82, 2.24) is 0 Å². The zero-order valence-electron chi connectivity index (χ0n) is 9.98. The molecule has 2 atom stereocenters. The number of benzene rings is 1. The van der Waals surface area contributed by atoms with Crippen LogP contribution in [0.4, 0.5) is 5.69 Å². The van der Waals surface area contributed by atoms with E-state index in [1.807, 2.05) is 31.2 Å². The Balaban J connectivity index is 1.96. The lowest BCUT2D eigenvalue weighted by molar-refractivity contribution is -0.124. The van der Waals surface area contributed by atoms with Gasteiger partial charge in [-0.2, -0.15) is 0 Å². The number of anilines is 1. The minimum atomic E-state index is -0.289. The van der Waals surface area contributed by atoms with Crippen molar-refractivity contribution in [1.29, 1.82) is 0 Å². The fourth-order valence-corrected chi connectivity index (χ4v) is 1.88. The summed E-state index contributed by atoms with van der Waals surface area (Å²) in [5.41, 5.74) is 7.60. The monoisotopic (exact) mass is 234 g/mol. The van der Waals surface area contributed by atoms with Crippen molar-refractivity contribution >= 4 is 11.6 Å². The lowest BCUT2D eigenvalue weighted by Gasteiger charge is -2.11. The van der Waals surface area contributed by atoms with Crippen molar-refractivity contribution in [3.05, 3.63) is 29.8 Å². The average Bonchev–Trinajstić information content (AvgIpc) is 2.83. The molecule has 1 aliphatic rings. The summed E-state index contributed by atoms with van der Waals surface area (Å²) in [5, 5.41) is 2.85. The first-order chi connectivity index (χ1) is 8.16. The van der Waals surface area contributed by atoms with E-state index < -0.39 is 0 Å². The molecule has 1 heterocycles. The van der Waals surface area contributed by atoms with Gasteiger partial charge in [-0.25, -0.2) is 0 Å². The van der Waals surface area contributed by atoms with Gasteiger partial charge in [-0.3, -0.25) is 4.79 Å². The lowest BCUT2D eigenvalue weighted by Crippen LogP contribution is -2.26. The van der Waals surface area contributed by atoms with E-state index in [2.05, 4.69) is 5.32 Å². The summed E-state index contributed by atoms with van der Waals surface area (Å²) in [7, 11) is 0. The number of amides is 1. The Morgan fingerprint density at radius 3 is 2.71 bits per heavy atom. The number of hydrogen-bond acceptors (Lipinski definition) is 3. The SMILES string of the molecule is CC(N)c1ccc(NC(=O)C2CCCO2)cc1. The van der Waals surface area contributed by atoms with Crippen LogP contribution in [0.2, 0.25) is 0 Å². The topological polar surface area (TPSA) is 64.3 Å². The second kappa shape index (κ2) is 5.29. The molecule has 3 N–H and O–H groups in total. The van der Waals surface area contributed by atoms with Crippen LogP contribution in [0.15, 0.2) is 24.3 Å². The number of carbonyl (C=O) groups is 1. The molecule has 0 radical (unpaired) electrons. The Hall–Kier alpha value is -1.39. The summed E-state index contributed by atoms with van der Waals surface area (Å²) in [5.74, 6) is -0.0592. The molecule has 4 nitrogen and oxygen atoms in total. The molecule has 0 spiro atoms.